The van der Waals surface area contributed by atoms with Gasteiger partial charge in [-0.1, -0.05) is 18.2 Å². The van der Waals surface area contributed by atoms with Gasteiger partial charge in [0.2, 0.25) is 0 Å². The first kappa shape index (κ1) is 10.7. The number of carbonyl (C=O) groups is 1. The van der Waals surface area contributed by atoms with Crippen LogP contribution in [0.3, 0.4) is 0 Å². The molecule has 0 aromatic heterocycles. The molecule has 0 radical (unpaired) electrons. The Hall–Kier alpha value is -2.49. The highest BCUT2D eigenvalue weighted by Gasteiger charge is 2.27. The second-order valence-electron chi connectivity index (χ2n) is 4.36. The molecule has 0 spiro atoms. The smallest absolute Gasteiger partial charge is 0.258 e. The molecule has 1 aliphatic heterocycles. The van der Waals surface area contributed by atoms with E-state index in [2.05, 4.69) is 0 Å². The second-order valence-corrected chi connectivity index (χ2v) is 4.36. The van der Waals surface area contributed by atoms with Gasteiger partial charge >= 0.3 is 0 Å². The Morgan fingerprint density at radius 1 is 1.00 bits per heavy atom. The first-order chi connectivity index (χ1) is 8.66. The Bertz CT molecular complexity index is 637. The average Bonchev–Trinajstić information content (AvgIpc) is 2.71. The van der Waals surface area contributed by atoms with Crippen molar-refractivity contribution in [1.82, 2.24) is 0 Å². The van der Waals surface area contributed by atoms with E-state index in [9.17, 15) is 4.79 Å². The number of benzene rings is 2. The van der Waals surface area contributed by atoms with Gasteiger partial charge in [0.1, 0.15) is 0 Å². The quantitative estimate of drug-likeness (QED) is 0.748. The molecule has 2 aromatic carbocycles. The molecule has 18 heavy (non-hydrogen) atoms. The third-order valence-electron chi connectivity index (χ3n) is 3.20. The zero-order valence-electron chi connectivity index (χ0n) is 9.76. The molecule has 1 amide bonds. The van der Waals surface area contributed by atoms with Gasteiger partial charge in [-0.05, 0) is 29.8 Å². The summed E-state index contributed by atoms with van der Waals surface area (Å²) in [5.74, 6) is 0.00905. The van der Waals surface area contributed by atoms with Crippen LogP contribution in [0, 0.1) is 0 Å². The van der Waals surface area contributed by atoms with Crippen LogP contribution in [0.2, 0.25) is 0 Å². The zero-order chi connectivity index (χ0) is 12.7. The van der Waals surface area contributed by atoms with E-state index in [1.165, 1.54) is 0 Å². The number of carbonyl (C=O) groups excluding carboxylic acids is 1. The Morgan fingerprint density at radius 3 is 2.50 bits per heavy atom. The van der Waals surface area contributed by atoms with Crippen molar-refractivity contribution in [2.45, 2.75) is 6.54 Å². The van der Waals surface area contributed by atoms with Crippen molar-refractivity contribution in [3.8, 4) is 0 Å². The predicted octanol–water partition coefficient (Wildman–Crippen LogP) is 2.01. The van der Waals surface area contributed by atoms with Gasteiger partial charge in [0.25, 0.3) is 5.91 Å². The summed E-state index contributed by atoms with van der Waals surface area (Å²) in [5.41, 5.74) is 15.1. The molecule has 2 aromatic rings. The number of nitrogens with zero attached hydrogens (tertiary/aromatic N) is 1. The third kappa shape index (κ3) is 1.50. The van der Waals surface area contributed by atoms with E-state index in [4.69, 9.17) is 11.5 Å². The fourth-order valence-electron chi connectivity index (χ4n) is 2.19. The first-order valence-corrected chi connectivity index (χ1v) is 5.71. The van der Waals surface area contributed by atoms with Gasteiger partial charge in [0, 0.05) is 11.3 Å². The van der Waals surface area contributed by atoms with Crippen molar-refractivity contribution in [2.24, 2.45) is 0 Å². The van der Waals surface area contributed by atoms with Crippen molar-refractivity contribution in [3.05, 3.63) is 53.6 Å². The van der Waals surface area contributed by atoms with E-state index in [1.807, 2.05) is 30.3 Å². The number of anilines is 3. The van der Waals surface area contributed by atoms with Gasteiger partial charge in [-0.3, -0.25) is 4.79 Å². The van der Waals surface area contributed by atoms with Crippen molar-refractivity contribution >= 4 is 23.0 Å². The van der Waals surface area contributed by atoms with E-state index in [-0.39, 0.29) is 5.91 Å². The number of amides is 1. The minimum Gasteiger partial charge on any atom is -0.397 e. The van der Waals surface area contributed by atoms with E-state index in [0.29, 0.717) is 17.9 Å². The maximum Gasteiger partial charge on any atom is 0.258 e. The summed E-state index contributed by atoms with van der Waals surface area (Å²) >= 11 is 0. The van der Waals surface area contributed by atoms with Crippen LogP contribution < -0.4 is 16.4 Å². The number of rotatable bonds is 1. The Labute approximate surface area is 105 Å². The molecule has 0 unspecified atom stereocenters. The Morgan fingerprint density at radius 2 is 1.78 bits per heavy atom. The van der Waals surface area contributed by atoms with Crippen LogP contribution in [0.15, 0.2) is 42.5 Å². The minimum absolute atomic E-state index is 0.00905. The lowest BCUT2D eigenvalue weighted by atomic mass is 10.1. The standard InChI is InChI=1S/C14H13N3O/c15-12-6-5-10(7-13(12)16)17-8-9-3-1-2-4-11(9)14(17)18/h1-7H,8,15-16H2. The van der Waals surface area contributed by atoms with E-state index in [1.54, 1.807) is 17.0 Å². The lowest BCUT2D eigenvalue weighted by Crippen LogP contribution is -2.23. The van der Waals surface area contributed by atoms with Crippen molar-refractivity contribution in [1.29, 1.82) is 0 Å². The predicted molar refractivity (Wildman–Crippen MR) is 72.2 cm³/mol. The molecule has 1 aliphatic rings. The van der Waals surface area contributed by atoms with Crippen LogP contribution in [0.4, 0.5) is 17.1 Å². The maximum atomic E-state index is 12.2. The fraction of sp³-hybridized carbons (Fsp3) is 0.0714. The number of hydrogen-bond donors (Lipinski definition) is 2. The van der Waals surface area contributed by atoms with E-state index in [0.717, 1.165) is 16.8 Å². The lowest BCUT2D eigenvalue weighted by molar-refractivity contribution is 0.0996. The number of nitrogen functional groups attached to an aromatic ring is 2. The summed E-state index contributed by atoms with van der Waals surface area (Å²) in [6.07, 6.45) is 0. The maximum absolute atomic E-state index is 12.2. The monoisotopic (exact) mass is 239 g/mol. The highest BCUT2D eigenvalue weighted by atomic mass is 16.2. The zero-order valence-corrected chi connectivity index (χ0v) is 9.76. The largest absolute Gasteiger partial charge is 0.397 e. The lowest BCUT2D eigenvalue weighted by Gasteiger charge is -2.16. The second kappa shape index (κ2) is 3.77. The molecule has 4 heteroatoms. The third-order valence-corrected chi connectivity index (χ3v) is 3.20. The molecule has 90 valence electrons. The van der Waals surface area contributed by atoms with Crippen LogP contribution in [0.5, 0.6) is 0 Å². The highest BCUT2D eigenvalue weighted by Crippen LogP contribution is 2.30. The average molecular weight is 239 g/mol. The summed E-state index contributed by atoms with van der Waals surface area (Å²) in [7, 11) is 0. The Balaban J connectivity index is 2.01. The topological polar surface area (TPSA) is 72.3 Å². The molecule has 0 saturated heterocycles. The number of fused-ring (bicyclic) bond motifs is 1. The van der Waals surface area contributed by atoms with Crippen LogP contribution in [0.25, 0.3) is 0 Å². The summed E-state index contributed by atoms with van der Waals surface area (Å²) in [5, 5.41) is 0. The summed E-state index contributed by atoms with van der Waals surface area (Å²) in [4.78, 5) is 14.0. The molecule has 3 rings (SSSR count). The van der Waals surface area contributed by atoms with Gasteiger partial charge < -0.3 is 16.4 Å². The molecule has 0 aliphatic carbocycles. The SMILES string of the molecule is Nc1ccc(N2Cc3ccccc3C2=O)cc1N. The molecule has 0 fully saturated rings. The van der Waals surface area contributed by atoms with Gasteiger partial charge in [-0.15, -0.1) is 0 Å². The minimum atomic E-state index is 0.00905. The fourth-order valence-corrected chi connectivity index (χ4v) is 2.19. The molecular weight excluding hydrogens is 226 g/mol. The van der Waals surface area contributed by atoms with Gasteiger partial charge in [-0.2, -0.15) is 0 Å². The van der Waals surface area contributed by atoms with Crippen LogP contribution in [0.1, 0.15) is 15.9 Å². The van der Waals surface area contributed by atoms with E-state index < -0.39 is 0 Å². The highest BCUT2D eigenvalue weighted by molar-refractivity contribution is 6.10. The van der Waals surface area contributed by atoms with Crippen molar-refractivity contribution in [3.63, 3.8) is 0 Å². The van der Waals surface area contributed by atoms with Crippen molar-refractivity contribution in [2.75, 3.05) is 16.4 Å². The summed E-state index contributed by atoms with van der Waals surface area (Å²) < 4.78 is 0. The van der Waals surface area contributed by atoms with Crippen LogP contribution >= 0.6 is 0 Å². The molecule has 4 N–H and O–H groups in total. The Kier molecular flexibility index (Phi) is 2.23. The van der Waals surface area contributed by atoms with Gasteiger partial charge in [0.15, 0.2) is 0 Å². The molecule has 1 heterocycles. The molecule has 0 saturated carbocycles. The van der Waals surface area contributed by atoms with Crippen LogP contribution in [-0.2, 0) is 6.54 Å². The molecule has 0 bridgehead atoms. The first-order valence-electron chi connectivity index (χ1n) is 5.71. The number of nitrogens with two attached hydrogens (primary N) is 2. The van der Waals surface area contributed by atoms with E-state index >= 15 is 0 Å². The summed E-state index contributed by atoms with van der Waals surface area (Å²) in [6, 6.07) is 12.9. The molecular formula is C14H13N3O. The molecule has 0 atom stereocenters. The molecule has 4 nitrogen and oxygen atoms in total. The normalized spacial score (nSPS) is 13.8. The van der Waals surface area contributed by atoms with Gasteiger partial charge in [-0.25, -0.2) is 0 Å². The van der Waals surface area contributed by atoms with Crippen molar-refractivity contribution < 1.29 is 4.79 Å². The number of hydrogen-bond acceptors (Lipinski definition) is 3. The van der Waals surface area contributed by atoms with Gasteiger partial charge in [0.05, 0.1) is 17.9 Å². The van der Waals surface area contributed by atoms with Crippen LogP contribution in [-0.4, -0.2) is 5.91 Å². The summed E-state index contributed by atoms with van der Waals surface area (Å²) in [6.45, 7) is 0.582.